The van der Waals surface area contributed by atoms with E-state index in [0.29, 0.717) is 0 Å². The Morgan fingerprint density at radius 1 is 0.636 bits per heavy atom. The van der Waals surface area contributed by atoms with Crippen LogP contribution < -0.4 is 15.0 Å². The fourth-order valence-corrected chi connectivity index (χ4v) is 0. The maximum atomic E-state index is 8.65. The van der Waals surface area contributed by atoms with Crippen LogP contribution in [0.1, 0.15) is 0 Å². The van der Waals surface area contributed by atoms with Crippen molar-refractivity contribution in [3.63, 3.8) is 0 Å². The molecule has 0 spiro atoms. The first-order valence-corrected chi connectivity index (χ1v) is 10.9. The zero-order valence-corrected chi connectivity index (χ0v) is 13.3. The molecule has 0 bridgehead atoms. The summed E-state index contributed by atoms with van der Waals surface area (Å²) in [6, 6.07) is 0. The van der Waals surface area contributed by atoms with Crippen LogP contribution in [0.4, 0.5) is 0 Å². The molecule has 0 fully saturated rings. The van der Waals surface area contributed by atoms with Gasteiger partial charge in [0.15, 0.2) is 0 Å². The summed E-state index contributed by atoms with van der Waals surface area (Å²) in [5.41, 5.74) is 0. The van der Waals surface area contributed by atoms with Crippen molar-refractivity contribution >= 4 is 23.9 Å². The first kappa shape index (κ1) is 18.1. The topological polar surface area (TPSA) is 161 Å². The van der Waals surface area contributed by atoms with Gasteiger partial charge in [0.25, 0.3) is 0 Å². The van der Waals surface area contributed by atoms with Gasteiger partial charge in [-0.15, -0.1) is 0 Å². The second-order valence-corrected chi connectivity index (χ2v) is 6.68. The quantitative estimate of drug-likeness (QED) is 0.244. The van der Waals surface area contributed by atoms with Crippen LogP contribution in [0.2, 0.25) is 0 Å². The zero-order valence-electron chi connectivity index (χ0n) is 4.58. The Morgan fingerprint density at radius 3 is 0.636 bits per heavy atom. The molecule has 0 aliphatic heterocycles. The Kier molecular flexibility index (Phi) is 11.0. The summed E-state index contributed by atoms with van der Waals surface area (Å²) >= 11 is -12.3. The molecule has 11 heteroatoms. The molecule has 0 radical (unpaired) electrons. The van der Waals surface area contributed by atoms with E-state index in [4.69, 9.17) is 28.6 Å². The van der Waals surface area contributed by atoms with E-state index < -0.39 is 33.5 Å². The third kappa shape index (κ3) is 645. The molecule has 0 aromatic carbocycles. The standard InChI is InChI=1S/8O.Sn.2W/q;;;;4*-1;+4;;. The summed E-state index contributed by atoms with van der Waals surface area (Å²) in [6.07, 6.45) is 0. The summed E-state index contributed by atoms with van der Waals surface area (Å²) < 4.78 is 69.2. The minimum absolute atomic E-state index is 0. The van der Waals surface area contributed by atoms with Crippen molar-refractivity contribution in [2.24, 2.45) is 0 Å². The minimum atomic E-state index is -6.17. The maximum absolute atomic E-state index is 8.65. The summed E-state index contributed by atoms with van der Waals surface area (Å²) in [4.78, 5) is 0. The average molecular weight is 614 g/mol. The maximum Gasteiger partial charge on any atom is 4.00 e. The molecule has 0 aliphatic carbocycles. The largest absolute Gasteiger partial charge is 4.00 e. The van der Waals surface area contributed by atoms with Crippen LogP contribution in [0.25, 0.3) is 0 Å². The van der Waals surface area contributed by atoms with Gasteiger partial charge >= 0.3 is 86.0 Å². The van der Waals surface area contributed by atoms with Gasteiger partial charge in [-0.1, -0.05) is 0 Å². The molecule has 0 heterocycles. The molecule has 64 valence electrons. The molecule has 0 unspecified atom stereocenters. The second-order valence-electron chi connectivity index (χ2n) is 0.816. The SMILES string of the molecule is [O]=[W](=[O])([O-])[O-].[O]=[W](=[O])([O-])[O-].[Sn+4]. The molecule has 8 nitrogen and oxygen atoms in total. The molecule has 0 aromatic rings. The Labute approximate surface area is 85.3 Å². The van der Waals surface area contributed by atoms with Gasteiger partial charge in [0.1, 0.15) is 0 Å². The second kappa shape index (κ2) is 6.70. The Hall–Kier alpha value is 1.22. The summed E-state index contributed by atoms with van der Waals surface area (Å²) in [7, 11) is 0. The van der Waals surface area contributed by atoms with Crippen molar-refractivity contribution in [2.75, 3.05) is 0 Å². The predicted molar refractivity (Wildman–Crippen MR) is 8.50 cm³/mol. The van der Waals surface area contributed by atoms with E-state index in [1.807, 2.05) is 0 Å². The summed E-state index contributed by atoms with van der Waals surface area (Å²) in [6.45, 7) is 0. The first-order chi connectivity index (χ1) is 4.00. The van der Waals surface area contributed by atoms with Gasteiger partial charge in [0.05, 0.1) is 0 Å². The van der Waals surface area contributed by atoms with Gasteiger partial charge < -0.3 is 0 Å². The van der Waals surface area contributed by atoms with Crippen molar-refractivity contribution in [3.05, 3.63) is 0 Å². The van der Waals surface area contributed by atoms with E-state index in [1.165, 1.54) is 0 Å². The molecule has 0 amide bonds. The van der Waals surface area contributed by atoms with Crippen LogP contribution in [0, 0.1) is 0 Å². The molecule has 0 aromatic heterocycles. The first-order valence-electron chi connectivity index (χ1n) is 1.33. The van der Waals surface area contributed by atoms with Gasteiger partial charge in [0.2, 0.25) is 0 Å². The molecule has 0 N–H and O–H groups in total. The van der Waals surface area contributed by atoms with Crippen LogP contribution >= 0.6 is 0 Å². The van der Waals surface area contributed by atoms with Gasteiger partial charge in [-0.2, -0.15) is 0 Å². The molecular formula is O8SnW2. The van der Waals surface area contributed by atoms with Crippen LogP contribution in [-0.4, -0.2) is 23.9 Å². The molecule has 11 heavy (non-hydrogen) atoms. The third-order valence-electron chi connectivity index (χ3n) is 0. The van der Waals surface area contributed by atoms with Crippen LogP contribution in [-0.2, 0) is 47.1 Å². The van der Waals surface area contributed by atoms with Gasteiger partial charge in [-0.3, -0.25) is 0 Å². The van der Waals surface area contributed by atoms with Crippen LogP contribution in [0.15, 0.2) is 0 Å². The van der Waals surface area contributed by atoms with E-state index >= 15 is 0 Å². The normalized spacial score (nSPS) is 10.5. The van der Waals surface area contributed by atoms with Gasteiger partial charge in [0, 0.05) is 0 Å². The van der Waals surface area contributed by atoms with Crippen LogP contribution in [0.3, 0.4) is 0 Å². The van der Waals surface area contributed by atoms with Crippen molar-refractivity contribution in [2.45, 2.75) is 0 Å². The van der Waals surface area contributed by atoms with E-state index in [0.717, 1.165) is 0 Å². The van der Waals surface area contributed by atoms with E-state index in [9.17, 15) is 0 Å². The molecule has 0 atom stereocenters. The molecule has 0 aliphatic rings. The summed E-state index contributed by atoms with van der Waals surface area (Å²) in [5.74, 6) is 0. The fraction of sp³-hybridized carbons (Fsp3) is 0. The van der Waals surface area contributed by atoms with E-state index in [-0.39, 0.29) is 23.9 Å². The van der Waals surface area contributed by atoms with Gasteiger partial charge in [-0.05, 0) is 0 Å². The van der Waals surface area contributed by atoms with Gasteiger partial charge in [-0.25, -0.2) is 0 Å². The van der Waals surface area contributed by atoms with E-state index in [1.54, 1.807) is 0 Å². The zero-order chi connectivity index (χ0) is 9.00. The number of hydrogen-bond donors (Lipinski definition) is 0. The monoisotopic (exact) mass is 616 g/mol. The van der Waals surface area contributed by atoms with Crippen molar-refractivity contribution in [3.8, 4) is 0 Å². The van der Waals surface area contributed by atoms with Crippen LogP contribution in [0.5, 0.6) is 0 Å². The average Bonchev–Trinajstić information content (AvgIpc) is 1.12. The molecule has 0 saturated carbocycles. The molecule has 0 rings (SSSR count). The van der Waals surface area contributed by atoms with Crippen molar-refractivity contribution in [1.29, 1.82) is 0 Å². The summed E-state index contributed by atoms with van der Waals surface area (Å²) in [5, 5.41) is 0. The number of rotatable bonds is 0. The Morgan fingerprint density at radius 2 is 0.636 bits per heavy atom. The fourth-order valence-electron chi connectivity index (χ4n) is 0. The van der Waals surface area contributed by atoms with Crippen molar-refractivity contribution in [1.82, 2.24) is 0 Å². The smallest absolute Gasteiger partial charge is 4.00 e. The predicted octanol–water partition coefficient (Wildman–Crippen LogP) is -5.62. The molecule has 0 saturated heterocycles. The minimum Gasteiger partial charge on any atom is 4.00 e. The Bertz CT molecular complexity index is 208. The van der Waals surface area contributed by atoms with Crippen molar-refractivity contribution < 1.29 is 62.1 Å². The molecular weight excluding hydrogens is 614 g/mol. The number of hydrogen-bond acceptors (Lipinski definition) is 8. The third-order valence-corrected chi connectivity index (χ3v) is 0. The van der Waals surface area contributed by atoms with E-state index in [2.05, 4.69) is 0 Å². The Balaban J connectivity index is -0.000000107.